The minimum absolute atomic E-state index is 0.00930. The van der Waals surface area contributed by atoms with E-state index in [9.17, 15) is 19.2 Å². The molecule has 0 spiro atoms. The quantitative estimate of drug-likeness (QED) is 0.143. The van der Waals surface area contributed by atoms with Crippen LogP contribution in [0.15, 0.2) is 0 Å². The van der Waals surface area contributed by atoms with Crippen LogP contribution in [0.1, 0.15) is 64.7 Å². The molecule has 0 aromatic rings. The number of carbonyl (C=O) groups is 4. The van der Waals surface area contributed by atoms with Gasteiger partial charge in [-0.15, -0.1) is 0 Å². The Labute approximate surface area is 212 Å². The first kappa shape index (κ1) is 29.4. The number of thioether (sulfide) groups is 1. The molecule has 2 aliphatic heterocycles. The lowest BCUT2D eigenvalue weighted by atomic mass is 10.0. The molecule has 4 N–H and O–H groups in total. The zero-order valence-electron chi connectivity index (χ0n) is 20.9. The number of hydrogen-bond acceptors (Lipinski definition) is 7. The number of hydrogen-bond donors (Lipinski definition) is 4. The highest BCUT2D eigenvalue weighted by Gasteiger charge is 2.42. The summed E-state index contributed by atoms with van der Waals surface area (Å²) in [7, 11) is 0. The second-order valence-electron chi connectivity index (χ2n) is 9.05. The van der Waals surface area contributed by atoms with Gasteiger partial charge in [0.2, 0.25) is 11.8 Å². The topological polar surface area (TPSA) is 135 Å². The molecule has 11 heteroatoms. The van der Waals surface area contributed by atoms with E-state index in [2.05, 4.69) is 21.3 Å². The Morgan fingerprint density at radius 3 is 2.29 bits per heavy atom. The molecule has 0 saturated carbocycles. The summed E-state index contributed by atoms with van der Waals surface area (Å²) in [6.07, 6.45) is 6.83. The number of urea groups is 1. The summed E-state index contributed by atoms with van der Waals surface area (Å²) in [6.45, 7) is 4.38. The molecular formula is C24H42N4O6S. The fourth-order valence-electron chi connectivity index (χ4n) is 4.07. The van der Waals surface area contributed by atoms with E-state index in [0.29, 0.717) is 64.0 Å². The number of nitrogens with one attached hydrogen (secondary N) is 4. The van der Waals surface area contributed by atoms with Crippen LogP contribution in [0.3, 0.4) is 0 Å². The van der Waals surface area contributed by atoms with Crippen molar-refractivity contribution in [3.05, 3.63) is 0 Å². The van der Waals surface area contributed by atoms with Gasteiger partial charge >= 0.3 is 6.03 Å². The smallest absolute Gasteiger partial charge is 0.315 e. The lowest BCUT2D eigenvalue weighted by Gasteiger charge is -2.16. The molecule has 2 saturated heterocycles. The molecule has 2 unspecified atom stereocenters. The highest BCUT2D eigenvalue weighted by atomic mass is 32.2. The van der Waals surface area contributed by atoms with E-state index in [1.165, 1.54) is 6.92 Å². The molecule has 2 aliphatic rings. The monoisotopic (exact) mass is 514 g/mol. The Morgan fingerprint density at radius 1 is 0.857 bits per heavy atom. The molecule has 3 atom stereocenters. The van der Waals surface area contributed by atoms with Crippen molar-refractivity contribution in [1.82, 2.24) is 21.3 Å². The van der Waals surface area contributed by atoms with Crippen molar-refractivity contribution in [2.24, 2.45) is 0 Å². The molecule has 200 valence electrons. The van der Waals surface area contributed by atoms with Gasteiger partial charge in [0.15, 0.2) is 0 Å². The number of Topliss-reactive ketones (excluding diaryl/α,β-unsaturated/α-hetero) is 1. The molecule has 0 aromatic carbocycles. The molecule has 10 nitrogen and oxygen atoms in total. The first-order valence-electron chi connectivity index (χ1n) is 12.8. The maximum Gasteiger partial charge on any atom is 0.315 e. The fraction of sp³-hybridized carbons (Fsp3) is 0.833. The minimum atomic E-state index is -0.0588. The minimum Gasteiger partial charge on any atom is -0.379 e. The third-order valence-corrected chi connectivity index (χ3v) is 7.53. The van der Waals surface area contributed by atoms with Crippen LogP contribution in [-0.4, -0.2) is 86.2 Å². The summed E-state index contributed by atoms with van der Waals surface area (Å²) >= 11 is 1.90. The van der Waals surface area contributed by atoms with E-state index < -0.39 is 0 Å². The van der Waals surface area contributed by atoms with Crippen LogP contribution in [0.4, 0.5) is 4.79 Å². The molecule has 0 bridgehead atoms. The number of amides is 4. The Balaban J connectivity index is 1.31. The molecule has 4 amide bonds. The molecule has 2 fully saturated rings. The average Bonchev–Trinajstić information content (AvgIpc) is 3.36. The number of fused-ring (bicyclic) bond motifs is 1. The summed E-state index contributed by atoms with van der Waals surface area (Å²) in [6, 6.07) is 0.422. The summed E-state index contributed by atoms with van der Waals surface area (Å²) in [5, 5.41) is 12.2. The summed E-state index contributed by atoms with van der Waals surface area (Å²) in [4.78, 5) is 46.0. The highest BCUT2D eigenvalue weighted by molar-refractivity contribution is 8.00. The molecule has 2 rings (SSSR count). The van der Waals surface area contributed by atoms with Crippen molar-refractivity contribution in [2.75, 3.05) is 45.3 Å². The second kappa shape index (κ2) is 17.6. The van der Waals surface area contributed by atoms with Gasteiger partial charge in [0.05, 0.1) is 38.5 Å². The molecule has 0 aliphatic carbocycles. The van der Waals surface area contributed by atoms with Crippen molar-refractivity contribution in [3.8, 4) is 0 Å². The summed E-state index contributed by atoms with van der Waals surface area (Å²) < 4.78 is 10.6. The number of unbranched alkanes of at least 4 members (excludes halogenated alkanes) is 3. The van der Waals surface area contributed by atoms with Crippen molar-refractivity contribution in [2.45, 2.75) is 82.0 Å². The SMILES string of the molecule is CC(=O)CCOCCOCCNC(=O)CCCCCNC(=O)CCCC[C@@H]1SCC2NC(=O)NC21. The third-order valence-electron chi connectivity index (χ3n) is 6.02. The lowest BCUT2D eigenvalue weighted by molar-refractivity contribution is -0.122. The van der Waals surface area contributed by atoms with Crippen LogP contribution in [0.5, 0.6) is 0 Å². The third kappa shape index (κ3) is 13.1. The lowest BCUT2D eigenvalue weighted by Crippen LogP contribution is -2.36. The van der Waals surface area contributed by atoms with Gasteiger partial charge in [0.1, 0.15) is 5.78 Å². The van der Waals surface area contributed by atoms with Crippen LogP contribution in [-0.2, 0) is 23.9 Å². The standard InChI is InChI=1S/C24H42N4O6S/c1-18(29)10-13-33-15-16-34-14-12-26-22(31)8-3-2-6-11-25-21(30)9-5-4-7-20-23-19(17-35-20)27-24(32)28-23/h19-20,23H,2-17H2,1H3,(H,25,30)(H,26,31)(H2,27,28,32)/t19?,20-,23?/m0/s1. The van der Waals surface area contributed by atoms with Gasteiger partial charge in [0.25, 0.3) is 0 Å². The maximum atomic E-state index is 12.0. The van der Waals surface area contributed by atoms with E-state index in [-0.39, 0.29) is 35.7 Å². The van der Waals surface area contributed by atoms with E-state index in [0.717, 1.165) is 44.3 Å². The predicted octanol–water partition coefficient (Wildman–Crippen LogP) is 1.52. The van der Waals surface area contributed by atoms with E-state index >= 15 is 0 Å². The molecule has 0 aromatic heterocycles. The van der Waals surface area contributed by atoms with Gasteiger partial charge in [-0.3, -0.25) is 14.4 Å². The molecule has 0 radical (unpaired) electrons. The Hall–Kier alpha value is -1.85. The number of ether oxygens (including phenoxy) is 2. The molecule has 2 heterocycles. The fourth-order valence-corrected chi connectivity index (χ4v) is 5.61. The largest absolute Gasteiger partial charge is 0.379 e. The van der Waals surface area contributed by atoms with Gasteiger partial charge in [-0.2, -0.15) is 11.8 Å². The van der Waals surface area contributed by atoms with Crippen LogP contribution >= 0.6 is 11.8 Å². The first-order valence-corrected chi connectivity index (χ1v) is 13.9. The van der Waals surface area contributed by atoms with Gasteiger partial charge in [-0.05, 0) is 32.6 Å². The Morgan fingerprint density at radius 2 is 1.54 bits per heavy atom. The second-order valence-corrected chi connectivity index (χ2v) is 10.3. The Bertz CT molecular complexity index is 680. The van der Waals surface area contributed by atoms with Crippen LogP contribution in [0.2, 0.25) is 0 Å². The average molecular weight is 515 g/mol. The van der Waals surface area contributed by atoms with E-state index in [4.69, 9.17) is 9.47 Å². The van der Waals surface area contributed by atoms with Gasteiger partial charge in [-0.25, -0.2) is 4.79 Å². The van der Waals surface area contributed by atoms with Crippen molar-refractivity contribution >= 4 is 35.4 Å². The predicted molar refractivity (Wildman–Crippen MR) is 135 cm³/mol. The Kier molecular flexibility index (Phi) is 14.7. The van der Waals surface area contributed by atoms with Crippen LogP contribution in [0, 0.1) is 0 Å². The number of rotatable bonds is 20. The van der Waals surface area contributed by atoms with Crippen molar-refractivity contribution in [3.63, 3.8) is 0 Å². The molecular weight excluding hydrogens is 472 g/mol. The van der Waals surface area contributed by atoms with E-state index in [1.807, 2.05) is 11.8 Å². The van der Waals surface area contributed by atoms with Crippen LogP contribution < -0.4 is 21.3 Å². The van der Waals surface area contributed by atoms with E-state index in [1.54, 1.807) is 0 Å². The van der Waals surface area contributed by atoms with Crippen molar-refractivity contribution in [1.29, 1.82) is 0 Å². The molecule has 35 heavy (non-hydrogen) atoms. The van der Waals surface area contributed by atoms with Gasteiger partial charge in [-0.1, -0.05) is 12.8 Å². The maximum absolute atomic E-state index is 12.0. The first-order chi connectivity index (χ1) is 17.0. The van der Waals surface area contributed by atoms with Gasteiger partial charge in [0, 0.05) is 43.4 Å². The normalized spacial score (nSPS) is 20.7. The summed E-state index contributed by atoms with van der Waals surface area (Å²) in [5.41, 5.74) is 0. The van der Waals surface area contributed by atoms with Crippen molar-refractivity contribution < 1.29 is 28.7 Å². The number of carbonyl (C=O) groups excluding carboxylic acids is 4. The zero-order chi connectivity index (χ0) is 25.3. The summed E-state index contributed by atoms with van der Waals surface area (Å²) in [5.74, 6) is 1.16. The van der Waals surface area contributed by atoms with Crippen LogP contribution in [0.25, 0.3) is 0 Å². The highest BCUT2D eigenvalue weighted by Crippen LogP contribution is 2.33. The number of ketones is 1. The van der Waals surface area contributed by atoms with Gasteiger partial charge < -0.3 is 30.7 Å². The zero-order valence-corrected chi connectivity index (χ0v) is 21.7.